The van der Waals surface area contributed by atoms with Crippen molar-refractivity contribution in [3.63, 3.8) is 0 Å². The second-order valence-electron chi connectivity index (χ2n) is 5.68. The number of nitrogens with one attached hydrogen (secondary N) is 1. The van der Waals surface area contributed by atoms with Gasteiger partial charge in [0.15, 0.2) is 6.10 Å². The molecular formula is C18H11FN2O5. The van der Waals surface area contributed by atoms with Crippen molar-refractivity contribution in [1.29, 1.82) is 0 Å². The van der Waals surface area contributed by atoms with Gasteiger partial charge in [0.05, 0.1) is 11.3 Å². The predicted molar refractivity (Wildman–Crippen MR) is 88.0 cm³/mol. The minimum absolute atomic E-state index is 0.143. The first kappa shape index (κ1) is 15.8. The monoisotopic (exact) mass is 354 g/mol. The van der Waals surface area contributed by atoms with Gasteiger partial charge in [-0.2, -0.15) is 0 Å². The van der Waals surface area contributed by atoms with Crippen molar-refractivity contribution in [2.45, 2.75) is 6.10 Å². The van der Waals surface area contributed by atoms with Crippen molar-refractivity contribution in [2.75, 3.05) is 0 Å². The highest BCUT2D eigenvalue weighted by Crippen LogP contribution is 2.37. The summed E-state index contributed by atoms with van der Waals surface area (Å²) >= 11 is 0. The van der Waals surface area contributed by atoms with Crippen LogP contribution in [0.15, 0.2) is 58.1 Å². The van der Waals surface area contributed by atoms with Crippen LogP contribution in [-0.4, -0.2) is 20.6 Å². The molecule has 26 heavy (non-hydrogen) atoms. The summed E-state index contributed by atoms with van der Waals surface area (Å²) in [5.74, 6) is -1.84. The molecule has 1 aliphatic rings. The van der Waals surface area contributed by atoms with Gasteiger partial charge in [-0.25, -0.2) is 18.5 Å². The van der Waals surface area contributed by atoms with E-state index in [1.165, 1.54) is 12.1 Å². The molecule has 1 aliphatic heterocycles. The van der Waals surface area contributed by atoms with Crippen LogP contribution in [-0.2, 0) is 4.74 Å². The van der Waals surface area contributed by atoms with Crippen molar-refractivity contribution in [3.8, 4) is 11.6 Å². The molecule has 2 N–H and O–H groups in total. The number of carbonyl (C=O) groups is 1. The molecule has 3 aromatic rings. The van der Waals surface area contributed by atoms with E-state index in [1.807, 2.05) is 0 Å². The Kier molecular flexibility index (Phi) is 3.47. The number of rotatable bonds is 2. The molecule has 1 atom stereocenters. The Morgan fingerprint density at radius 1 is 1.04 bits per heavy atom. The van der Waals surface area contributed by atoms with Crippen molar-refractivity contribution in [1.82, 2.24) is 9.55 Å². The summed E-state index contributed by atoms with van der Waals surface area (Å²) in [6.45, 7) is 0. The number of ether oxygens (including phenoxy) is 1. The van der Waals surface area contributed by atoms with E-state index in [2.05, 4.69) is 4.98 Å². The number of carbonyl (C=O) groups excluding carboxylic acids is 1. The third kappa shape index (κ3) is 2.31. The number of halogens is 1. The zero-order chi connectivity index (χ0) is 18.4. The third-order valence-electron chi connectivity index (χ3n) is 4.16. The van der Waals surface area contributed by atoms with E-state index < -0.39 is 35.0 Å². The lowest BCUT2D eigenvalue weighted by molar-refractivity contribution is 0.0449. The number of aromatic hydroxyl groups is 1. The molecule has 0 bridgehead atoms. The first-order valence-corrected chi connectivity index (χ1v) is 7.61. The summed E-state index contributed by atoms with van der Waals surface area (Å²) in [5.41, 5.74) is -1.24. The Balaban J connectivity index is 1.96. The van der Waals surface area contributed by atoms with Gasteiger partial charge < -0.3 is 9.84 Å². The first-order valence-electron chi connectivity index (χ1n) is 7.61. The average molecular weight is 354 g/mol. The van der Waals surface area contributed by atoms with Gasteiger partial charge in [0.25, 0.3) is 5.56 Å². The lowest BCUT2D eigenvalue weighted by atomic mass is 10.0. The summed E-state index contributed by atoms with van der Waals surface area (Å²) in [5, 5.41) is 10.6. The molecule has 4 rings (SSSR count). The fraction of sp³-hybridized carbons (Fsp3) is 0.0556. The van der Waals surface area contributed by atoms with Crippen molar-refractivity contribution < 1.29 is 19.0 Å². The number of esters is 1. The number of fused-ring (bicyclic) bond motifs is 1. The van der Waals surface area contributed by atoms with E-state index in [-0.39, 0.29) is 16.8 Å². The molecule has 0 saturated carbocycles. The maximum atomic E-state index is 13.1. The minimum atomic E-state index is -1.16. The molecular weight excluding hydrogens is 343 g/mol. The molecule has 0 saturated heterocycles. The maximum Gasteiger partial charge on any atom is 0.339 e. The highest BCUT2D eigenvalue weighted by Gasteiger charge is 2.36. The molecule has 7 nitrogen and oxygen atoms in total. The second kappa shape index (κ2) is 5.69. The van der Waals surface area contributed by atoms with Crippen LogP contribution in [0.1, 0.15) is 27.6 Å². The second-order valence-corrected chi connectivity index (χ2v) is 5.68. The number of hydrogen-bond acceptors (Lipinski definition) is 5. The van der Waals surface area contributed by atoms with Gasteiger partial charge in [-0.15, -0.1) is 0 Å². The van der Waals surface area contributed by atoms with Crippen LogP contribution in [0.5, 0.6) is 5.88 Å². The normalized spacial score (nSPS) is 15.6. The van der Waals surface area contributed by atoms with Crippen molar-refractivity contribution in [2.24, 2.45) is 0 Å². The SMILES string of the molecule is O=C1OC(c2c(O)n(-c3ccc(F)cc3)c(=O)[nH]c2=O)c2ccccc21. The lowest BCUT2D eigenvalue weighted by Crippen LogP contribution is -2.32. The van der Waals surface area contributed by atoms with E-state index in [0.29, 0.717) is 5.56 Å². The van der Waals surface area contributed by atoms with E-state index in [1.54, 1.807) is 24.3 Å². The van der Waals surface area contributed by atoms with E-state index >= 15 is 0 Å². The minimum Gasteiger partial charge on any atom is -0.494 e. The molecule has 130 valence electrons. The largest absolute Gasteiger partial charge is 0.494 e. The number of benzene rings is 2. The number of aromatic amines is 1. The van der Waals surface area contributed by atoms with Crippen molar-refractivity contribution >= 4 is 5.97 Å². The standard InChI is InChI=1S/C18H11FN2O5/c19-9-5-7-10(8-6-9)21-16(23)13(15(22)20-18(21)25)14-11-3-1-2-4-12(11)17(24)26-14/h1-8,14,23H,(H,20,22,25). The van der Waals surface area contributed by atoms with Gasteiger partial charge in [-0.1, -0.05) is 18.2 Å². The molecule has 1 aromatic heterocycles. The van der Waals surface area contributed by atoms with E-state index in [4.69, 9.17) is 4.74 Å². The van der Waals surface area contributed by atoms with E-state index in [0.717, 1.165) is 16.7 Å². The summed E-state index contributed by atoms with van der Waals surface area (Å²) < 4.78 is 19.2. The van der Waals surface area contributed by atoms with Crippen LogP contribution in [0.25, 0.3) is 5.69 Å². The van der Waals surface area contributed by atoms with Gasteiger partial charge >= 0.3 is 11.7 Å². The smallest absolute Gasteiger partial charge is 0.339 e. The average Bonchev–Trinajstić information content (AvgIpc) is 2.93. The molecule has 0 spiro atoms. The van der Waals surface area contributed by atoms with Crippen LogP contribution in [0, 0.1) is 5.82 Å². The number of hydrogen-bond donors (Lipinski definition) is 2. The zero-order valence-corrected chi connectivity index (χ0v) is 13.1. The summed E-state index contributed by atoms with van der Waals surface area (Å²) in [4.78, 5) is 38.6. The predicted octanol–water partition coefficient (Wildman–Crippen LogP) is 1.63. The first-order chi connectivity index (χ1) is 12.5. The van der Waals surface area contributed by atoms with Crippen LogP contribution in [0.2, 0.25) is 0 Å². The van der Waals surface area contributed by atoms with Gasteiger partial charge in [0, 0.05) is 5.56 Å². The van der Waals surface area contributed by atoms with Gasteiger partial charge in [0.1, 0.15) is 11.4 Å². The Bertz CT molecular complexity index is 1150. The molecule has 1 unspecified atom stereocenters. The Labute approximate surface area is 144 Å². The fourth-order valence-electron chi connectivity index (χ4n) is 2.96. The Morgan fingerprint density at radius 3 is 2.46 bits per heavy atom. The number of cyclic esters (lactones) is 1. The van der Waals surface area contributed by atoms with Gasteiger partial charge in [0.2, 0.25) is 5.88 Å². The summed E-state index contributed by atoms with van der Waals surface area (Å²) in [6, 6.07) is 11.2. The summed E-state index contributed by atoms with van der Waals surface area (Å²) in [6.07, 6.45) is -1.16. The molecule has 0 aliphatic carbocycles. The number of H-pyrrole nitrogens is 1. The van der Waals surface area contributed by atoms with Crippen LogP contribution in [0.4, 0.5) is 4.39 Å². The van der Waals surface area contributed by atoms with Gasteiger partial charge in [-0.05, 0) is 30.3 Å². The summed E-state index contributed by atoms with van der Waals surface area (Å²) in [7, 11) is 0. The Hall–Kier alpha value is -3.68. The molecule has 8 heteroatoms. The highest BCUT2D eigenvalue weighted by atomic mass is 19.1. The fourth-order valence-corrected chi connectivity index (χ4v) is 2.96. The number of nitrogens with zero attached hydrogens (tertiary/aromatic N) is 1. The van der Waals surface area contributed by atoms with Crippen LogP contribution >= 0.6 is 0 Å². The van der Waals surface area contributed by atoms with Crippen LogP contribution < -0.4 is 11.2 Å². The van der Waals surface area contributed by atoms with Crippen molar-refractivity contribution in [3.05, 3.63) is 91.9 Å². The van der Waals surface area contributed by atoms with Gasteiger partial charge in [-0.3, -0.25) is 9.78 Å². The maximum absolute atomic E-state index is 13.1. The molecule has 0 fully saturated rings. The molecule has 2 heterocycles. The molecule has 0 amide bonds. The quantitative estimate of drug-likeness (QED) is 0.681. The zero-order valence-electron chi connectivity index (χ0n) is 13.1. The lowest BCUT2D eigenvalue weighted by Gasteiger charge is -2.15. The molecule has 2 aromatic carbocycles. The number of aromatic nitrogens is 2. The Morgan fingerprint density at radius 2 is 1.73 bits per heavy atom. The van der Waals surface area contributed by atoms with E-state index in [9.17, 15) is 23.9 Å². The topological polar surface area (TPSA) is 101 Å². The van der Waals surface area contributed by atoms with Crippen LogP contribution in [0.3, 0.4) is 0 Å². The molecule has 0 radical (unpaired) electrons. The third-order valence-corrected chi connectivity index (χ3v) is 4.16. The highest BCUT2D eigenvalue weighted by molar-refractivity contribution is 5.94.